The van der Waals surface area contributed by atoms with Crippen molar-refractivity contribution in [3.8, 4) is 11.3 Å². The highest BCUT2D eigenvalue weighted by atomic mass is 16.6. The van der Waals surface area contributed by atoms with Crippen molar-refractivity contribution in [2.24, 2.45) is 5.92 Å². The van der Waals surface area contributed by atoms with Gasteiger partial charge in [-0.25, -0.2) is 9.59 Å². The summed E-state index contributed by atoms with van der Waals surface area (Å²) >= 11 is 0. The van der Waals surface area contributed by atoms with E-state index in [2.05, 4.69) is 10.2 Å². The second-order valence-corrected chi connectivity index (χ2v) is 8.41. The Morgan fingerprint density at radius 3 is 2.45 bits per heavy atom. The zero-order valence-electron chi connectivity index (χ0n) is 17.1. The molecule has 7 heteroatoms. The van der Waals surface area contributed by atoms with Crippen molar-refractivity contribution in [3.05, 3.63) is 47.7 Å². The average molecular weight is 397 g/mol. The maximum atomic E-state index is 12.2. The smallest absolute Gasteiger partial charge is 0.410 e. The van der Waals surface area contributed by atoms with Crippen LogP contribution in [-0.4, -0.2) is 51.0 Å². The molecule has 1 amide bonds. The molecule has 0 spiro atoms. The normalized spacial score (nSPS) is 15.2. The highest BCUT2D eigenvalue weighted by Gasteiger charge is 2.27. The summed E-state index contributed by atoms with van der Waals surface area (Å²) < 4.78 is 5.44. The van der Waals surface area contributed by atoms with Gasteiger partial charge in [0, 0.05) is 18.7 Å². The topological polar surface area (TPSA) is 92.6 Å². The predicted molar refractivity (Wildman–Crippen MR) is 109 cm³/mol. The van der Waals surface area contributed by atoms with Crippen molar-refractivity contribution >= 4 is 12.1 Å². The molecule has 0 saturated carbocycles. The van der Waals surface area contributed by atoms with Crippen molar-refractivity contribution in [3.63, 3.8) is 0 Å². The molecule has 1 aliphatic heterocycles. The Morgan fingerprint density at radius 1 is 1.14 bits per heavy atom. The number of carboxylic acid groups (broad SMARTS) is 1. The minimum absolute atomic E-state index is 0.227. The minimum Gasteiger partial charge on any atom is -0.478 e. The van der Waals surface area contributed by atoms with E-state index >= 15 is 0 Å². The molecular weight excluding hydrogens is 370 g/mol. The minimum atomic E-state index is -0.964. The highest BCUT2D eigenvalue weighted by Crippen LogP contribution is 2.23. The summed E-state index contributed by atoms with van der Waals surface area (Å²) in [5.41, 5.74) is 2.03. The van der Waals surface area contributed by atoms with E-state index in [1.807, 2.05) is 39.0 Å². The van der Waals surface area contributed by atoms with Gasteiger partial charge in [-0.2, -0.15) is 10.2 Å². The van der Waals surface area contributed by atoms with E-state index in [0.717, 1.165) is 30.5 Å². The summed E-state index contributed by atoms with van der Waals surface area (Å²) in [6.45, 7) is 6.99. The van der Waals surface area contributed by atoms with Crippen molar-refractivity contribution in [1.29, 1.82) is 0 Å². The van der Waals surface area contributed by atoms with Crippen molar-refractivity contribution < 1.29 is 19.4 Å². The monoisotopic (exact) mass is 397 g/mol. The summed E-state index contributed by atoms with van der Waals surface area (Å²) in [6, 6.07) is 10.5. The first kappa shape index (κ1) is 20.8. The number of piperidine rings is 1. The number of aromatic nitrogens is 2. The number of benzene rings is 1. The van der Waals surface area contributed by atoms with E-state index in [1.165, 1.54) is 0 Å². The molecule has 1 saturated heterocycles. The van der Waals surface area contributed by atoms with Gasteiger partial charge in [0.05, 0.1) is 17.0 Å². The fourth-order valence-electron chi connectivity index (χ4n) is 3.38. The summed E-state index contributed by atoms with van der Waals surface area (Å²) in [6.07, 6.45) is 2.38. The number of ether oxygens (including phenoxy) is 1. The van der Waals surface area contributed by atoms with Crippen LogP contribution < -0.4 is 0 Å². The molecule has 2 aromatic rings. The number of hydrogen-bond acceptors (Lipinski definition) is 5. The number of nitrogens with zero attached hydrogens (tertiary/aromatic N) is 3. The van der Waals surface area contributed by atoms with Crippen molar-refractivity contribution in [2.45, 2.75) is 45.6 Å². The first-order chi connectivity index (χ1) is 13.7. The number of carbonyl (C=O) groups excluding carboxylic acids is 1. The van der Waals surface area contributed by atoms with E-state index in [9.17, 15) is 9.59 Å². The number of rotatable bonds is 4. The zero-order valence-corrected chi connectivity index (χ0v) is 17.1. The molecule has 154 valence electrons. The van der Waals surface area contributed by atoms with E-state index in [4.69, 9.17) is 9.84 Å². The molecule has 1 aromatic carbocycles. The molecule has 3 rings (SSSR count). The van der Waals surface area contributed by atoms with Crippen LogP contribution in [0.25, 0.3) is 11.3 Å². The quantitative estimate of drug-likeness (QED) is 0.837. The van der Waals surface area contributed by atoms with Crippen LogP contribution >= 0.6 is 0 Å². The number of aromatic carboxylic acids is 1. The second-order valence-electron chi connectivity index (χ2n) is 8.41. The lowest BCUT2D eigenvalue weighted by Crippen LogP contribution is -2.42. The van der Waals surface area contributed by atoms with Crippen LogP contribution in [0.4, 0.5) is 4.79 Å². The van der Waals surface area contributed by atoms with Crippen LogP contribution in [0.3, 0.4) is 0 Å². The molecular formula is C22H27N3O4. The van der Waals surface area contributed by atoms with Gasteiger partial charge in [-0.05, 0) is 70.2 Å². The van der Waals surface area contributed by atoms with Gasteiger partial charge < -0.3 is 14.7 Å². The molecule has 0 atom stereocenters. The standard InChI is InChI=1S/C22H27N3O4/c1-22(2,3)29-21(28)25-11-9-15(10-12-25)13-18-7-8-19(24-23-18)16-5-4-6-17(14-16)20(26)27/h4-8,14-15H,9-13H2,1-3H3,(H,26,27). The zero-order chi connectivity index (χ0) is 21.0. The summed E-state index contributed by atoms with van der Waals surface area (Å²) in [4.78, 5) is 25.1. The number of carboxylic acids is 1. The predicted octanol–water partition coefficient (Wildman–Crippen LogP) is 4.03. The van der Waals surface area contributed by atoms with Gasteiger partial charge in [0.25, 0.3) is 0 Å². The first-order valence-electron chi connectivity index (χ1n) is 9.85. The summed E-state index contributed by atoms with van der Waals surface area (Å²) in [5, 5.41) is 17.7. The Kier molecular flexibility index (Phi) is 6.15. The molecule has 1 aliphatic rings. The van der Waals surface area contributed by atoms with Gasteiger partial charge in [-0.3, -0.25) is 0 Å². The van der Waals surface area contributed by atoms with Gasteiger partial charge in [-0.15, -0.1) is 0 Å². The Balaban J connectivity index is 1.55. The Labute approximate surface area is 170 Å². The number of hydrogen-bond donors (Lipinski definition) is 1. The molecule has 7 nitrogen and oxygen atoms in total. The summed E-state index contributed by atoms with van der Waals surface area (Å²) in [5.74, 6) is -0.515. The number of likely N-dealkylation sites (tertiary alicyclic amines) is 1. The first-order valence-corrected chi connectivity index (χ1v) is 9.85. The highest BCUT2D eigenvalue weighted by molar-refractivity contribution is 5.89. The van der Waals surface area contributed by atoms with Gasteiger partial charge in [0.15, 0.2) is 0 Å². The third-order valence-electron chi connectivity index (χ3n) is 4.89. The molecule has 0 radical (unpaired) electrons. The van der Waals surface area contributed by atoms with E-state index < -0.39 is 11.6 Å². The molecule has 1 N–H and O–H groups in total. The van der Waals surface area contributed by atoms with Crippen molar-refractivity contribution in [1.82, 2.24) is 15.1 Å². The van der Waals surface area contributed by atoms with Crippen LogP contribution in [-0.2, 0) is 11.2 Å². The molecule has 1 aromatic heterocycles. The van der Waals surface area contributed by atoms with Gasteiger partial charge in [0.2, 0.25) is 0 Å². The lowest BCUT2D eigenvalue weighted by molar-refractivity contribution is 0.0183. The van der Waals surface area contributed by atoms with Crippen LogP contribution in [0.5, 0.6) is 0 Å². The number of amides is 1. The SMILES string of the molecule is CC(C)(C)OC(=O)N1CCC(Cc2ccc(-c3cccc(C(=O)O)c3)nn2)CC1. The van der Waals surface area contributed by atoms with Gasteiger partial charge in [-0.1, -0.05) is 12.1 Å². The molecule has 0 aliphatic carbocycles. The average Bonchev–Trinajstić information content (AvgIpc) is 2.68. The van der Waals surface area contributed by atoms with Crippen LogP contribution in [0.1, 0.15) is 49.7 Å². The largest absolute Gasteiger partial charge is 0.478 e. The van der Waals surface area contributed by atoms with E-state index in [1.54, 1.807) is 23.1 Å². The van der Waals surface area contributed by atoms with Crippen LogP contribution in [0, 0.1) is 5.92 Å². The molecule has 2 heterocycles. The third-order valence-corrected chi connectivity index (χ3v) is 4.89. The lowest BCUT2D eigenvalue weighted by Gasteiger charge is -2.33. The van der Waals surface area contributed by atoms with Crippen LogP contribution in [0.15, 0.2) is 36.4 Å². The lowest BCUT2D eigenvalue weighted by atomic mass is 9.92. The third kappa shape index (κ3) is 5.76. The van der Waals surface area contributed by atoms with Crippen LogP contribution in [0.2, 0.25) is 0 Å². The fraction of sp³-hybridized carbons (Fsp3) is 0.455. The molecule has 0 bridgehead atoms. The Hall–Kier alpha value is -2.96. The van der Waals surface area contributed by atoms with Gasteiger partial charge >= 0.3 is 12.1 Å². The molecule has 29 heavy (non-hydrogen) atoms. The molecule has 1 fully saturated rings. The Morgan fingerprint density at radius 2 is 1.86 bits per heavy atom. The second kappa shape index (κ2) is 8.59. The fourth-order valence-corrected chi connectivity index (χ4v) is 3.38. The number of carbonyl (C=O) groups is 2. The van der Waals surface area contributed by atoms with E-state index in [-0.39, 0.29) is 11.7 Å². The summed E-state index contributed by atoms with van der Waals surface area (Å²) in [7, 11) is 0. The maximum Gasteiger partial charge on any atom is 0.410 e. The Bertz CT molecular complexity index is 866. The van der Waals surface area contributed by atoms with Crippen molar-refractivity contribution in [2.75, 3.05) is 13.1 Å². The maximum absolute atomic E-state index is 12.2. The molecule has 0 unspecified atom stereocenters. The van der Waals surface area contributed by atoms with Gasteiger partial charge in [0.1, 0.15) is 5.60 Å². The van der Waals surface area contributed by atoms with E-state index in [0.29, 0.717) is 24.7 Å².